The number of hydrogen-bond donors (Lipinski definition) is 1. The van der Waals surface area contributed by atoms with Crippen molar-refractivity contribution >= 4 is 29.2 Å². The topological polar surface area (TPSA) is 72.6 Å². The van der Waals surface area contributed by atoms with E-state index in [1.54, 1.807) is 14.1 Å². The number of hydrogen-bond acceptors (Lipinski definition) is 4. The molecule has 1 atom stereocenters. The molecule has 0 aliphatic rings. The number of ether oxygens (including phenoxy) is 1. The molecular weight excluding hydrogens is 256 g/mol. The number of anilines is 1. The van der Waals surface area contributed by atoms with Gasteiger partial charge in [0.1, 0.15) is 0 Å². The van der Waals surface area contributed by atoms with E-state index in [1.165, 1.54) is 30.0 Å². The molecule has 0 saturated heterocycles. The number of nitrogens with two attached hydrogens (primary N) is 1. The van der Waals surface area contributed by atoms with E-state index in [-0.39, 0.29) is 17.2 Å². The van der Waals surface area contributed by atoms with Crippen molar-refractivity contribution in [1.82, 2.24) is 4.90 Å². The summed E-state index contributed by atoms with van der Waals surface area (Å²) in [5.74, 6) is -0.942. The zero-order valence-electron chi connectivity index (χ0n) is 10.4. The molecule has 1 rings (SSSR count). The first kappa shape index (κ1) is 14.3. The molecule has 6 heteroatoms. The number of halogens is 1. The van der Waals surface area contributed by atoms with Gasteiger partial charge in [-0.25, -0.2) is 4.79 Å². The lowest BCUT2D eigenvalue weighted by Crippen LogP contribution is -2.35. The number of nitrogens with zero attached hydrogens (tertiary/aromatic N) is 1. The predicted molar refractivity (Wildman–Crippen MR) is 69.4 cm³/mol. The molecule has 0 aliphatic carbocycles. The third kappa shape index (κ3) is 3.37. The summed E-state index contributed by atoms with van der Waals surface area (Å²) in [7, 11) is 3.17. The minimum atomic E-state index is -0.859. The summed E-state index contributed by atoms with van der Waals surface area (Å²) in [4.78, 5) is 24.7. The zero-order valence-corrected chi connectivity index (χ0v) is 11.2. The molecule has 0 unspecified atom stereocenters. The average Bonchev–Trinajstić information content (AvgIpc) is 2.27. The van der Waals surface area contributed by atoms with Crippen LogP contribution in [0.4, 0.5) is 5.69 Å². The van der Waals surface area contributed by atoms with E-state index in [9.17, 15) is 9.59 Å². The second-order valence-corrected chi connectivity index (χ2v) is 4.45. The Balaban J connectivity index is 2.80. The quantitative estimate of drug-likeness (QED) is 0.668. The average molecular weight is 271 g/mol. The van der Waals surface area contributed by atoms with Crippen molar-refractivity contribution in [2.75, 3.05) is 19.8 Å². The van der Waals surface area contributed by atoms with E-state index in [0.717, 1.165) is 0 Å². The summed E-state index contributed by atoms with van der Waals surface area (Å²) >= 11 is 5.73. The van der Waals surface area contributed by atoms with E-state index in [4.69, 9.17) is 22.1 Å². The second kappa shape index (κ2) is 5.73. The Morgan fingerprint density at radius 3 is 2.50 bits per heavy atom. The molecule has 0 aromatic heterocycles. The molecule has 0 bridgehead atoms. The van der Waals surface area contributed by atoms with Crippen LogP contribution in [0.25, 0.3) is 0 Å². The summed E-state index contributed by atoms with van der Waals surface area (Å²) in [6, 6.07) is 4.45. The number of esters is 1. The number of carbonyl (C=O) groups is 2. The number of rotatable bonds is 3. The molecule has 0 fully saturated rings. The van der Waals surface area contributed by atoms with Crippen LogP contribution in [0.3, 0.4) is 0 Å². The highest BCUT2D eigenvalue weighted by molar-refractivity contribution is 6.31. The van der Waals surface area contributed by atoms with Gasteiger partial charge >= 0.3 is 5.97 Å². The molecule has 98 valence electrons. The summed E-state index contributed by atoms with van der Waals surface area (Å²) in [6.45, 7) is 1.51. The molecule has 18 heavy (non-hydrogen) atoms. The van der Waals surface area contributed by atoms with Gasteiger partial charge in [0, 0.05) is 24.8 Å². The van der Waals surface area contributed by atoms with Crippen LogP contribution in [-0.2, 0) is 9.53 Å². The van der Waals surface area contributed by atoms with Crippen LogP contribution >= 0.6 is 11.6 Å². The fourth-order valence-corrected chi connectivity index (χ4v) is 1.54. The lowest BCUT2D eigenvalue weighted by atomic mass is 10.2. The summed E-state index contributed by atoms with van der Waals surface area (Å²) < 4.78 is 5.03. The molecule has 1 aromatic rings. The number of carbonyl (C=O) groups excluding carboxylic acids is 2. The highest BCUT2D eigenvalue weighted by Crippen LogP contribution is 2.19. The van der Waals surface area contributed by atoms with Gasteiger partial charge in [-0.1, -0.05) is 11.6 Å². The Kier molecular flexibility index (Phi) is 4.55. The number of likely N-dealkylation sites (N-methyl/N-ethyl adjacent to an activating group) is 1. The van der Waals surface area contributed by atoms with Gasteiger partial charge in [0.25, 0.3) is 5.91 Å². The first-order valence-corrected chi connectivity index (χ1v) is 5.68. The van der Waals surface area contributed by atoms with Gasteiger partial charge in [-0.05, 0) is 25.1 Å². The van der Waals surface area contributed by atoms with Crippen LogP contribution in [0.15, 0.2) is 18.2 Å². The normalized spacial score (nSPS) is 11.8. The summed E-state index contributed by atoms with van der Waals surface area (Å²) in [5.41, 5.74) is 6.07. The number of benzene rings is 1. The molecule has 2 N–H and O–H groups in total. The molecule has 1 aromatic carbocycles. The zero-order chi connectivity index (χ0) is 13.9. The Labute approximate surface area is 110 Å². The van der Waals surface area contributed by atoms with Crippen molar-refractivity contribution < 1.29 is 14.3 Å². The maximum absolute atomic E-state index is 11.8. The third-order valence-electron chi connectivity index (χ3n) is 2.31. The van der Waals surface area contributed by atoms with Crippen molar-refractivity contribution in [2.45, 2.75) is 13.0 Å². The molecule has 0 heterocycles. The lowest BCUT2D eigenvalue weighted by Gasteiger charge is -2.17. The monoisotopic (exact) mass is 270 g/mol. The smallest absolute Gasteiger partial charge is 0.341 e. The summed E-state index contributed by atoms with van der Waals surface area (Å²) in [5, 5.41) is 0.432. The van der Waals surface area contributed by atoms with Crippen molar-refractivity contribution in [3.8, 4) is 0 Å². The Bertz CT molecular complexity index is 474. The maximum Gasteiger partial charge on any atom is 0.341 e. The van der Waals surface area contributed by atoms with Gasteiger partial charge in [0.15, 0.2) is 6.10 Å². The van der Waals surface area contributed by atoms with Gasteiger partial charge in [0.05, 0.1) is 5.56 Å². The molecular formula is C12H15ClN2O3. The first-order valence-electron chi connectivity index (χ1n) is 5.30. The number of amides is 1. The minimum absolute atomic E-state index is 0.192. The second-order valence-electron chi connectivity index (χ2n) is 4.01. The van der Waals surface area contributed by atoms with Crippen LogP contribution in [0.2, 0.25) is 5.02 Å². The SMILES string of the molecule is C[C@@H](OC(=O)c1ccc(Cl)cc1N)C(=O)N(C)C. The fourth-order valence-electron chi connectivity index (χ4n) is 1.36. The molecule has 0 radical (unpaired) electrons. The third-order valence-corrected chi connectivity index (χ3v) is 2.54. The predicted octanol–water partition coefficient (Wildman–Crippen LogP) is 1.56. The Morgan fingerprint density at radius 2 is 2.00 bits per heavy atom. The molecule has 0 saturated carbocycles. The lowest BCUT2D eigenvalue weighted by molar-refractivity contribution is -0.137. The van der Waals surface area contributed by atoms with Crippen LogP contribution < -0.4 is 5.73 Å². The first-order chi connectivity index (χ1) is 8.32. The van der Waals surface area contributed by atoms with Gasteiger partial charge in [-0.3, -0.25) is 4.79 Å². The standard InChI is InChI=1S/C12H15ClN2O3/c1-7(11(16)15(2)3)18-12(17)9-5-4-8(13)6-10(9)14/h4-7H,14H2,1-3H3/t7-/m1/s1. The van der Waals surface area contributed by atoms with Crippen LogP contribution in [0.5, 0.6) is 0 Å². The van der Waals surface area contributed by atoms with Gasteiger partial charge < -0.3 is 15.4 Å². The molecule has 5 nitrogen and oxygen atoms in total. The highest BCUT2D eigenvalue weighted by Gasteiger charge is 2.21. The van der Waals surface area contributed by atoms with Crippen LogP contribution in [-0.4, -0.2) is 37.0 Å². The maximum atomic E-state index is 11.8. The molecule has 0 spiro atoms. The van der Waals surface area contributed by atoms with E-state index in [0.29, 0.717) is 5.02 Å². The van der Waals surface area contributed by atoms with Gasteiger partial charge in [-0.2, -0.15) is 0 Å². The van der Waals surface area contributed by atoms with E-state index in [1.807, 2.05) is 0 Å². The van der Waals surface area contributed by atoms with Gasteiger partial charge in [-0.15, -0.1) is 0 Å². The van der Waals surface area contributed by atoms with E-state index < -0.39 is 12.1 Å². The van der Waals surface area contributed by atoms with Crippen molar-refractivity contribution in [2.24, 2.45) is 0 Å². The highest BCUT2D eigenvalue weighted by atomic mass is 35.5. The Morgan fingerprint density at radius 1 is 1.39 bits per heavy atom. The largest absolute Gasteiger partial charge is 0.449 e. The minimum Gasteiger partial charge on any atom is -0.449 e. The number of nitrogen functional groups attached to an aromatic ring is 1. The van der Waals surface area contributed by atoms with E-state index in [2.05, 4.69) is 0 Å². The fraction of sp³-hybridized carbons (Fsp3) is 0.333. The summed E-state index contributed by atoms with van der Waals surface area (Å²) in [6.07, 6.45) is -0.859. The van der Waals surface area contributed by atoms with E-state index >= 15 is 0 Å². The van der Waals surface area contributed by atoms with Crippen LogP contribution in [0.1, 0.15) is 17.3 Å². The van der Waals surface area contributed by atoms with Crippen LogP contribution in [0, 0.1) is 0 Å². The van der Waals surface area contributed by atoms with Crippen molar-refractivity contribution in [1.29, 1.82) is 0 Å². The van der Waals surface area contributed by atoms with Crippen molar-refractivity contribution in [3.05, 3.63) is 28.8 Å². The molecule has 1 amide bonds. The Hall–Kier alpha value is -1.75. The van der Waals surface area contributed by atoms with Gasteiger partial charge in [0.2, 0.25) is 0 Å². The molecule has 0 aliphatic heterocycles. The van der Waals surface area contributed by atoms with Crippen molar-refractivity contribution in [3.63, 3.8) is 0 Å².